The van der Waals surface area contributed by atoms with Crippen LogP contribution in [0, 0.1) is 33.5 Å². The highest BCUT2D eigenvalue weighted by atomic mass is 35.5. The number of ketones is 2. The highest BCUT2D eigenvalue weighted by molar-refractivity contribution is 6.30. The molecule has 1 N–H and O–H groups in total. The van der Waals surface area contributed by atoms with Crippen molar-refractivity contribution in [3.05, 3.63) is 53.1 Å². The molecule has 0 bridgehead atoms. The van der Waals surface area contributed by atoms with E-state index in [0.29, 0.717) is 24.4 Å². The van der Waals surface area contributed by atoms with E-state index in [-0.39, 0.29) is 28.8 Å². The zero-order valence-electron chi connectivity index (χ0n) is 25.3. The Morgan fingerprint density at radius 2 is 1.83 bits per heavy atom. The molecule has 5 aliphatic rings. The summed E-state index contributed by atoms with van der Waals surface area (Å²) in [6.45, 7) is 8.76. The molecule has 3 saturated carbocycles. The number of aliphatic hydroxyl groups is 1. The molecule has 6 rings (SSSR count). The van der Waals surface area contributed by atoms with Crippen LogP contribution in [0.1, 0.15) is 53.4 Å². The molecule has 1 aromatic rings. The zero-order valence-corrected chi connectivity index (χ0v) is 26.0. The van der Waals surface area contributed by atoms with Gasteiger partial charge in [-0.3, -0.25) is 19.5 Å². The lowest BCUT2D eigenvalue weighted by Crippen LogP contribution is -2.70. The van der Waals surface area contributed by atoms with Gasteiger partial charge in [-0.05, 0) is 73.4 Å². The van der Waals surface area contributed by atoms with Gasteiger partial charge in [0.15, 0.2) is 18.0 Å². The second-order valence-corrected chi connectivity index (χ2v) is 14.5. The second-order valence-electron chi connectivity index (χ2n) is 14.1. The van der Waals surface area contributed by atoms with Gasteiger partial charge in [0.05, 0.1) is 18.3 Å². The molecule has 4 fully saturated rings. The van der Waals surface area contributed by atoms with Gasteiger partial charge in [0.1, 0.15) is 0 Å². The molecule has 42 heavy (non-hydrogen) atoms. The highest BCUT2D eigenvalue weighted by Crippen LogP contribution is 2.79. The predicted octanol–water partition coefficient (Wildman–Crippen LogP) is 5.38. The highest BCUT2D eigenvalue weighted by Gasteiger charge is 2.81. The molecule has 1 aromatic carbocycles. The molecular weight excluding hydrogens is 556 g/mol. The van der Waals surface area contributed by atoms with Crippen LogP contribution >= 0.6 is 11.6 Å². The van der Waals surface area contributed by atoms with Crippen LogP contribution in [0.4, 0.5) is 10.5 Å². The quantitative estimate of drug-likeness (QED) is 0.498. The number of nitrogens with zero attached hydrogens (tertiary/aromatic N) is 2. The molecule has 8 unspecified atom stereocenters. The van der Waals surface area contributed by atoms with E-state index in [1.165, 1.54) is 4.90 Å². The van der Waals surface area contributed by atoms with E-state index in [9.17, 15) is 19.5 Å². The molecule has 1 heterocycles. The van der Waals surface area contributed by atoms with Crippen LogP contribution in [0.2, 0.25) is 5.02 Å². The van der Waals surface area contributed by atoms with E-state index in [1.54, 1.807) is 43.4 Å². The monoisotopic (exact) mass is 596 g/mol. The first kappa shape index (κ1) is 29.4. The molecule has 4 aliphatic carbocycles. The number of hydrogen-bond acceptors (Lipinski definition) is 7. The van der Waals surface area contributed by atoms with Crippen molar-refractivity contribution in [3.63, 3.8) is 0 Å². The van der Waals surface area contributed by atoms with Gasteiger partial charge in [0.2, 0.25) is 5.78 Å². The number of allylic oxidation sites excluding steroid dienone is 4. The van der Waals surface area contributed by atoms with E-state index < -0.39 is 40.7 Å². The molecule has 1 aliphatic heterocycles. The Kier molecular flexibility index (Phi) is 6.58. The van der Waals surface area contributed by atoms with Crippen LogP contribution in [-0.2, 0) is 19.2 Å². The largest absolute Gasteiger partial charge is 0.441 e. The number of rotatable bonds is 4. The molecule has 0 spiro atoms. The van der Waals surface area contributed by atoms with E-state index >= 15 is 0 Å². The minimum absolute atomic E-state index is 0.00576. The first-order valence-corrected chi connectivity index (χ1v) is 15.2. The van der Waals surface area contributed by atoms with Crippen molar-refractivity contribution >= 4 is 34.9 Å². The van der Waals surface area contributed by atoms with Gasteiger partial charge in [-0.15, -0.1) is 0 Å². The van der Waals surface area contributed by atoms with Crippen LogP contribution in [-0.4, -0.2) is 66.6 Å². The molecular formula is C33H41ClN2O6. The van der Waals surface area contributed by atoms with Gasteiger partial charge in [0, 0.05) is 41.3 Å². The van der Waals surface area contributed by atoms with Gasteiger partial charge < -0.3 is 14.7 Å². The summed E-state index contributed by atoms with van der Waals surface area (Å²) in [4.78, 5) is 47.3. The van der Waals surface area contributed by atoms with Crippen molar-refractivity contribution in [2.75, 3.05) is 32.3 Å². The van der Waals surface area contributed by atoms with E-state index in [4.69, 9.17) is 21.2 Å². The summed E-state index contributed by atoms with van der Waals surface area (Å²) in [7, 11) is 3.16. The number of hydroxylamine groups is 1. The van der Waals surface area contributed by atoms with Crippen LogP contribution in [0.25, 0.3) is 0 Å². The number of amides is 1. The lowest BCUT2D eigenvalue weighted by Gasteiger charge is -2.69. The summed E-state index contributed by atoms with van der Waals surface area (Å²) in [5.74, 6) is -0.441. The summed E-state index contributed by atoms with van der Waals surface area (Å²) in [5, 5.41) is 14.6. The fourth-order valence-corrected chi connectivity index (χ4v) is 9.99. The number of Topliss-reactive ketones (excluding diaryl/α,β-unsaturated/α-hetero) is 1. The van der Waals surface area contributed by atoms with Crippen molar-refractivity contribution in [3.8, 4) is 0 Å². The summed E-state index contributed by atoms with van der Waals surface area (Å²) in [6, 6.07) is 7.32. The van der Waals surface area contributed by atoms with Gasteiger partial charge in [-0.2, -0.15) is 0 Å². The number of anilines is 1. The van der Waals surface area contributed by atoms with Crippen molar-refractivity contribution in [2.24, 2.45) is 33.5 Å². The van der Waals surface area contributed by atoms with Crippen LogP contribution < -0.4 is 5.06 Å². The molecule has 1 saturated heterocycles. The average molecular weight is 597 g/mol. The fourth-order valence-electron chi connectivity index (χ4n) is 9.86. The maximum atomic E-state index is 14.5. The Morgan fingerprint density at radius 1 is 1.14 bits per heavy atom. The maximum Gasteiger partial charge on any atom is 0.409 e. The number of fused-ring (bicyclic) bond motifs is 7. The van der Waals surface area contributed by atoms with Gasteiger partial charge in [0.25, 0.3) is 0 Å². The Morgan fingerprint density at radius 3 is 2.50 bits per heavy atom. The summed E-state index contributed by atoms with van der Waals surface area (Å²) in [6.07, 6.45) is 6.64. The molecule has 8 nitrogen and oxygen atoms in total. The van der Waals surface area contributed by atoms with Crippen molar-refractivity contribution in [1.29, 1.82) is 0 Å². The fraction of sp³-hybridized carbons (Fsp3) is 0.606. The van der Waals surface area contributed by atoms with Gasteiger partial charge >= 0.3 is 6.09 Å². The van der Waals surface area contributed by atoms with E-state index in [0.717, 1.165) is 24.1 Å². The normalized spacial score (nSPS) is 41.8. The number of ether oxygens (including phenoxy) is 1. The lowest BCUT2D eigenvalue weighted by atomic mass is 9.36. The number of hydrogen-bond donors (Lipinski definition) is 1. The smallest absolute Gasteiger partial charge is 0.409 e. The van der Waals surface area contributed by atoms with E-state index in [2.05, 4.69) is 27.7 Å². The summed E-state index contributed by atoms with van der Waals surface area (Å²) in [5.41, 5.74) is -1.66. The lowest BCUT2D eigenvalue weighted by molar-refractivity contribution is -0.243. The first-order chi connectivity index (χ1) is 19.6. The van der Waals surface area contributed by atoms with Crippen LogP contribution in [0.5, 0.6) is 0 Å². The number of aliphatic hydroxyl groups excluding tert-OH is 1. The topological polar surface area (TPSA) is 96.4 Å². The summed E-state index contributed by atoms with van der Waals surface area (Å²) >= 11 is 6.16. The summed E-state index contributed by atoms with van der Waals surface area (Å²) < 4.78 is 5.46. The Labute approximate surface area is 252 Å². The van der Waals surface area contributed by atoms with Gasteiger partial charge in [-0.25, -0.2) is 4.79 Å². The number of halogens is 1. The number of carbonyl (C=O) groups excluding carboxylic acids is 3. The van der Waals surface area contributed by atoms with Crippen LogP contribution in [0.3, 0.4) is 0 Å². The molecule has 0 radical (unpaired) electrons. The van der Waals surface area contributed by atoms with Crippen molar-refractivity contribution in [1.82, 2.24) is 4.90 Å². The molecule has 0 aromatic heterocycles. The third-order valence-corrected chi connectivity index (χ3v) is 12.6. The van der Waals surface area contributed by atoms with Crippen LogP contribution in [0.15, 0.2) is 48.1 Å². The molecule has 1 amide bonds. The van der Waals surface area contributed by atoms with E-state index in [1.807, 2.05) is 18.2 Å². The number of carbonyl (C=O) groups is 3. The Hall–Kier alpha value is -2.68. The standard InChI is InChI=1S/C33H41ClN2O6/c1-29-14-13-24(37)15-20(29)7-12-25-30(2)16-21-18-36(23-10-8-22(34)9-11-23)42-33(21,27(39)19-41-28(40)35(5)6)31(30,3)17-26(38)32(25,29)4/h8-11,13-15,21,25-26,38H,7,12,16-19H2,1-6H3. The van der Waals surface area contributed by atoms with Crippen molar-refractivity contribution in [2.45, 2.75) is 65.1 Å². The molecule has 8 atom stereocenters. The first-order valence-electron chi connectivity index (χ1n) is 14.9. The molecule has 9 heteroatoms. The maximum absolute atomic E-state index is 14.5. The third kappa shape index (κ3) is 3.58. The predicted molar refractivity (Wildman–Crippen MR) is 159 cm³/mol. The second kappa shape index (κ2) is 9.41. The Bertz CT molecular complexity index is 1410. The third-order valence-electron chi connectivity index (χ3n) is 12.4. The molecule has 226 valence electrons. The zero-order chi connectivity index (χ0) is 30.5. The Balaban J connectivity index is 1.45. The minimum atomic E-state index is -1.31. The number of benzene rings is 1. The van der Waals surface area contributed by atoms with Crippen molar-refractivity contribution < 1.29 is 29.1 Å². The average Bonchev–Trinajstić information content (AvgIpc) is 3.40. The minimum Gasteiger partial charge on any atom is -0.441 e. The SMILES string of the molecule is CN(C)C(=O)OCC(=O)C12ON(c3ccc(Cl)cc3)CC1CC1(C)C3CCC4=CC(=O)C=CC4(C)C3(C)C(O)CC12C. The van der Waals surface area contributed by atoms with Gasteiger partial charge in [-0.1, -0.05) is 50.9 Å².